The number of alkyl halides is 9. The smallest absolute Gasteiger partial charge is 0.251 e. The van der Waals surface area contributed by atoms with Crippen molar-refractivity contribution in [1.29, 1.82) is 0 Å². The number of halogens is 9. The molecule has 1 aromatic rings. The summed E-state index contributed by atoms with van der Waals surface area (Å²) in [4.78, 5) is 0. The van der Waals surface area contributed by atoms with Crippen molar-refractivity contribution in [3.63, 3.8) is 0 Å². The molecule has 1 heterocycles. The van der Waals surface area contributed by atoms with Crippen LogP contribution in [-0.2, 0) is 43.1 Å². The average Bonchev–Trinajstić information content (AvgIpc) is 2.82. The first-order valence-electron chi connectivity index (χ1n) is 7.19. The van der Waals surface area contributed by atoms with Gasteiger partial charge in [0.15, 0.2) is 29.5 Å². The Labute approximate surface area is 170 Å². The summed E-state index contributed by atoms with van der Waals surface area (Å²) in [6.45, 7) is 5.32. The fourth-order valence-electron chi connectivity index (χ4n) is 1.65. The van der Waals surface area contributed by atoms with E-state index in [1.54, 1.807) is 0 Å². The number of rotatable bonds is 4. The second-order valence-corrected chi connectivity index (χ2v) is 11.7. The Morgan fingerprint density at radius 2 is 1.10 bits per heavy atom. The molecule has 0 aromatic carbocycles. The van der Waals surface area contributed by atoms with Crippen LogP contribution in [0.2, 0.25) is 0 Å². The lowest BCUT2D eigenvalue weighted by atomic mass is 10.6. The molecule has 1 rings (SSSR count). The molecule has 184 valence electrons. The third kappa shape index (κ3) is 5.82. The van der Waals surface area contributed by atoms with Crippen molar-refractivity contribution in [3.8, 4) is 0 Å². The summed E-state index contributed by atoms with van der Waals surface area (Å²) in [5.74, 6) is 1.30. The maximum Gasteiger partial charge on any atom is 0.470 e. The van der Waals surface area contributed by atoms with Crippen molar-refractivity contribution in [2.24, 2.45) is 7.05 Å². The molecule has 0 aliphatic heterocycles. The lowest BCUT2D eigenvalue weighted by Gasteiger charge is -2.31. The summed E-state index contributed by atoms with van der Waals surface area (Å²) in [7, 11) is -22.0. The molecule has 0 saturated heterocycles. The topological polar surface area (TPSA) is 111 Å². The van der Waals surface area contributed by atoms with E-state index >= 15 is 0 Å². The minimum Gasteiger partial charge on any atom is -0.251 e. The molecule has 31 heavy (non-hydrogen) atoms. The van der Waals surface area contributed by atoms with Gasteiger partial charge in [0, 0.05) is 6.92 Å². The van der Waals surface area contributed by atoms with E-state index in [9.17, 15) is 64.8 Å². The lowest BCUT2D eigenvalue weighted by Crippen LogP contribution is -2.47. The van der Waals surface area contributed by atoms with Crippen molar-refractivity contribution < 1.29 is 69.3 Å². The molecular formula is C11H13F9N2O6S3. The third-order valence-electron chi connectivity index (χ3n) is 3.31. The number of hydrogen-bond acceptors (Lipinski definition) is 6. The molecule has 0 amide bonds. The summed E-state index contributed by atoms with van der Waals surface area (Å²) in [5.41, 5.74) is -21.2. The summed E-state index contributed by atoms with van der Waals surface area (Å²) in [6.07, 6.45) is 4.16. The van der Waals surface area contributed by atoms with Crippen molar-refractivity contribution in [2.75, 3.05) is 0 Å². The second-order valence-electron chi connectivity index (χ2n) is 5.34. The Morgan fingerprint density at radius 1 is 0.806 bits per heavy atom. The number of imidazole rings is 1. The van der Waals surface area contributed by atoms with Gasteiger partial charge in [0.05, 0.1) is 17.5 Å². The number of aromatic nitrogens is 2. The number of hydrogen-bond donors (Lipinski definition) is 0. The molecule has 8 nitrogen and oxygen atoms in total. The van der Waals surface area contributed by atoms with E-state index < -0.39 is 50.0 Å². The third-order valence-corrected chi connectivity index (χ3v) is 10.4. The van der Waals surface area contributed by atoms with Crippen LogP contribution < -0.4 is 4.57 Å². The largest absolute Gasteiger partial charge is 0.470 e. The predicted molar refractivity (Wildman–Crippen MR) is 84.2 cm³/mol. The van der Waals surface area contributed by atoms with Crippen LogP contribution >= 0.6 is 0 Å². The van der Waals surface area contributed by atoms with Crippen LogP contribution in [0.25, 0.3) is 0 Å². The van der Waals surface area contributed by atoms with Gasteiger partial charge in [0.2, 0.25) is 0 Å². The molecule has 0 saturated carbocycles. The minimum atomic E-state index is -8.02. The highest BCUT2D eigenvalue weighted by atomic mass is 32.3. The Hall–Kier alpha value is -1.57. The van der Waals surface area contributed by atoms with E-state index in [0.29, 0.717) is 0 Å². The zero-order chi connectivity index (χ0) is 25.4. The van der Waals surface area contributed by atoms with Gasteiger partial charge in [0.25, 0.3) is 5.82 Å². The highest BCUT2D eigenvalue weighted by molar-refractivity contribution is 8.29. The van der Waals surface area contributed by atoms with Gasteiger partial charge in [-0.3, -0.25) is 25.3 Å². The number of sulfone groups is 3. The Balaban J connectivity index is 0.000000823. The molecule has 1 aromatic heterocycles. The van der Waals surface area contributed by atoms with E-state index in [4.69, 9.17) is 0 Å². The second kappa shape index (κ2) is 8.75. The molecule has 0 aliphatic carbocycles. The minimum absolute atomic E-state index is 1.06. The van der Waals surface area contributed by atoms with Gasteiger partial charge in [-0.15, -0.1) is 0 Å². The van der Waals surface area contributed by atoms with Crippen LogP contribution in [0.4, 0.5) is 39.5 Å². The lowest BCUT2D eigenvalue weighted by molar-refractivity contribution is -0.677. The van der Waals surface area contributed by atoms with Gasteiger partial charge in [-0.25, -0.2) is 9.13 Å². The van der Waals surface area contributed by atoms with Crippen LogP contribution in [0.3, 0.4) is 0 Å². The van der Waals surface area contributed by atoms with Crippen LogP contribution in [0.5, 0.6) is 0 Å². The molecule has 0 bridgehead atoms. The van der Waals surface area contributed by atoms with E-state index in [1.165, 1.54) is 5.82 Å². The van der Waals surface area contributed by atoms with Gasteiger partial charge in [-0.2, -0.15) is 39.5 Å². The maximum atomic E-state index is 12.0. The van der Waals surface area contributed by atoms with Crippen molar-refractivity contribution in [3.05, 3.63) is 22.1 Å². The van der Waals surface area contributed by atoms with Crippen LogP contribution in [0.15, 0.2) is 12.4 Å². The first kappa shape index (κ1) is 29.4. The molecule has 0 unspecified atom stereocenters. The Morgan fingerprint density at radius 3 is 1.23 bits per heavy atom. The average molecular weight is 536 g/mol. The fraction of sp³-hybridized carbons (Fsp3) is 0.636. The van der Waals surface area contributed by atoms with Crippen LogP contribution in [0, 0.1) is 10.8 Å². The van der Waals surface area contributed by atoms with Gasteiger partial charge >= 0.3 is 16.5 Å². The first-order valence-corrected chi connectivity index (χ1v) is 11.6. The molecule has 0 N–H and O–H groups in total. The van der Waals surface area contributed by atoms with E-state index in [1.807, 2.05) is 0 Å². The van der Waals surface area contributed by atoms with Crippen LogP contribution in [0.1, 0.15) is 12.7 Å². The highest BCUT2D eigenvalue weighted by Gasteiger charge is 2.63. The monoisotopic (exact) mass is 536 g/mol. The normalized spacial score (nSPS) is 14.4. The Kier molecular flexibility index (Phi) is 8.31. The van der Waals surface area contributed by atoms with E-state index in [2.05, 4.69) is 42.4 Å². The van der Waals surface area contributed by atoms with Gasteiger partial charge in [-0.1, -0.05) is 0 Å². The van der Waals surface area contributed by atoms with Gasteiger partial charge in [-0.05, 0) is 6.92 Å². The summed E-state index contributed by atoms with van der Waals surface area (Å²) in [5, 5.41) is 0. The SMILES string of the molecule is CCn1cc[n+](C)c1C.O=S(=O)([C-](S(=O)(=O)C(F)(F)F)S(=O)(=O)C(F)(F)F)C(F)(F)F. The summed E-state index contributed by atoms with van der Waals surface area (Å²) < 4.78 is 172. The zero-order valence-corrected chi connectivity index (χ0v) is 17.8. The van der Waals surface area contributed by atoms with Crippen molar-refractivity contribution >= 4 is 29.5 Å². The number of aryl methyl sites for hydroxylation is 2. The van der Waals surface area contributed by atoms with E-state index in [-0.39, 0.29) is 0 Å². The first-order chi connectivity index (χ1) is 13.4. The number of nitrogens with zero attached hydrogens (tertiary/aromatic N) is 2. The van der Waals surface area contributed by atoms with Crippen molar-refractivity contribution in [2.45, 2.75) is 36.9 Å². The highest BCUT2D eigenvalue weighted by Crippen LogP contribution is 2.47. The van der Waals surface area contributed by atoms with E-state index in [0.717, 1.165) is 6.54 Å². The Bertz CT molecular complexity index is 992. The molecule has 20 heteroatoms. The molecule has 0 aliphatic rings. The summed E-state index contributed by atoms with van der Waals surface area (Å²) in [6, 6.07) is 0. The van der Waals surface area contributed by atoms with Gasteiger partial charge < -0.3 is 0 Å². The molecule has 0 fully saturated rings. The van der Waals surface area contributed by atoms with Crippen molar-refractivity contribution in [1.82, 2.24) is 4.57 Å². The molecule has 0 spiro atoms. The van der Waals surface area contributed by atoms with Crippen LogP contribution in [-0.4, -0.2) is 46.3 Å². The molecular weight excluding hydrogens is 523 g/mol. The standard InChI is InChI=1S/C7H13N2.C4F9O6S3/c1-4-9-6-5-8(3)7(9)2;5-2(6,7)20(14,15)1(21(16,17)3(8,9)10)22(18,19)4(11,12)13/h5-6H,4H2,1-3H3;/q+1;-1. The zero-order valence-electron chi connectivity index (χ0n) is 15.3. The molecule has 0 atom stereocenters. The van der Waals surface area contributed by atoms with Gasteiger partial charge in [0.1, 0.15) is 12.4 Å². The maximum absolute atomic E-state index is 12.0. The summed E-state index contributed by atoms with van der Waals surface area (Å²) >= 11 is 0. The fourth-order valence-corrected chi connectivity index (χ4v) is 7.38. The quantitative estimate of drug-likeness (QED) is 0.330. The predicted octanol–water partition coefficient (Wildman–Crippen LogP) is 1.88. The molecule has 0 radical (unpaired) electrons.